The van der Waals surface area contributed by atoms with E-state index in [2.05, 4.69) is 252 Å². The normalized spacial score (nSPS) is 11.8. The number of fused-ring (bicyclic) bond motifs is 10. The summed E-state index contributed by atoms with van der Waals surface area (Å²) in [4.78, 5) is 2.40. The second-order valence-electron chi connectivity index (χ2n) is 17.6. The van der Waals surface area contributed by atoms with Crippen LogP contribution in [-0.4, -0.2) is 4.57 Å². The van der Waals surface area contributed by atoms with Gasteiger partial charge in [0.25, 0.3) is 0 Å². The van der Waals surface area contributed by atoms with Gasteiger partial charge in [0.05, 0.1) is 16.7 Å². The average Bonchev–Trinajstić information content (AvgIpc) is 4.08. The van der Waals surface area contributed by atoms with Crippen LogP contribution in [0.25, 0.3) is 114 Å². The summed E-state index contributed by atoms with van der Waals surface area (Å²) in [6, 6.07) is 88.1. The number of thiophene rings is 1. The maximum absolute atomic E-state index is 6.84. The van der Waals surface area contributed by atoms with Gasteiger partial charge in [-0.25, -0.2) is 0 Å². The average molecular weight is 885 g/mol. The lowest BCUT2D eigenvalue weighted by Crippen LogP contribution is -2.11. The number of furan rings is 1. The summed E-state index contributed by atoms with van der Waals surface area (Å²) >= 11 is 1.87. The van der Waals surface area contributed by atoms with E-state index in [1.165, 1.54) is 63.9 Å². The van der Waals surface area contributed by atoms with Gasteiger partial charge in [-0.3, -0.25) is 0 Å². The minimum Gasteiger partial charge on any atom is -0.455 e. The van der Waals surface area contributed by atoms with Crippen molar-refractivity contribution in [2.24, 2.45) is 0 Å². The van der Waals surface area contributed by atoms with Gasteiger partial charge < -0.3 is 13.9 Å². The first-order valence-corrected chi connectivity index (χ1v) is 24.0. The number of nitrogens with zero attached hydrogens (tertiary/aromatic N) is 2. The van der Waals surface area contributed by atoms with Crippen molar-refractivity contribution in [3.8, 4) is 39.1 Å². The van der Waals surface area contributed by atoms with Crippen LogP contribution in [0.5, 0.6) is 0 Å². The standard InChI is InChI=1S/C64H40N2OS/c1-2-15-45-40-61-57(39-44(45)14-1)55-24-13-23-54(63(55)67-61)52-20-5-7-26-58(52)65(47-36-32-42(33-37-47)49-22-12-25-56-53-21-6-10-29-62(53)68-64(49)56)46-34-30-41(31-35-46)43-16-11-17-48(38-43)66-59-27-8-3-18-50(59)51-19-4-9-28-60(51)66/h1-40H. The highest BCUT2D eigenvalue weighted by atomic mass is 32.1. The Kier molecular flexibility index (Phi) is 8.76. The van der Waals surface area contributed by atoms with Gasteiger partial charge in [0.1, 0.15) is 11.2 Å². The summed E-state index contributed by atoms with van der Waals surface area (Å²) in [7, 11) is 0. The molecule has 0 saturated carbocycles. The lowest BCUT2D eigenvalue weighted by Gasteiger charge is -2.28. The molecular formula is C64H40N2OS. The molecule has 3 heterocycles. The van der Waals surface area contributed by atoms with Crippen LogP contribution in [0.1, 0.15) is 0 Å². The third kappa shape index (κ3) is 6.12. The summed E-state index contributed by atoms with van der Waals surface area (Å²) in [5, 5.41) is 9.73. The first kappa shape index (κ1) is 38.6. The molecular weight excluding hydrogens is 845 g/mol. The van der Waals surface area contributed by atoms with Crippen molar-refractivity contribution in [1.82, 2.24) is 4.57 Å². The Labute approximate surface area is 396 Å². The zero-order valence-corrected chi connectivity index (χ0v) is 37.6. The number of hydrogen-bond acceptors (Lipinski definition) is 3. The van der Waals surface area contributed by atoms with E-state index in [0.29, 0.717) is 0 Å². The maximum Gasteiger partial charge on any atom is 0.143 e. The predicted octanol–water partition coefficient (Wildman–Crippen LogP) is 18.7. The van der Waals surface area contributed by atoms with Gasteiger partial charge in [-0.05, 0) is 106 Å². The van der Waals surface area contributed by atoms with Crippen LogP contribution in [0.15, 0.2) is 247 Å². The number of hydrogen-bond donors (Lipinski definition) is 0. The van der Waals surface area contributed by atoms with E-state index in [1.54, 1.807) is 0 Å². The van der Waals surface area contributed by atoms with Gasteiger partial charge in [0.15, 0.2) is 0 Å². The molecule has 14 rings (SSSR count). The summed E-state index contributed by atoms with van der Waals surface area (Å²) in [5.74, 6) is 0. The summed E-state index contributed by atoms with van der Waals surface area (Å²) < 4.78 is 11.9. The van der Waals surface area contributed by atoms with Crippen molar-refractivity contribution in [1.29, 1.82) is 0 Å². The SMILES string of the molecule is c1cc(-c2ccc(N(c3ccc(-c4cccc5c4sc4ccccc45)cc3)c3ccccc3-c3cccc4c3oc3cc5ccccc5cc34)cc2)cc(-n2c3ccccc3c3ccccc32)c1. The predicted molar refractivity (Wildman–Crippen MR) is 289 cm³/mol. The van der Waals surface area contributed by atoms with Crippen LogP contribution >= 0.6 is 11.3 Å². The van der Waals surface area contributed by atoms with Crippen molar-refractivity contribution >= 4 is 103 Å². The molecule has 3 aromatic heterocycles. The highest BCUT2D eigenvalue weighted by Crippen LogP contribution is 2.46. The Morgan fingerprint density at radius 3 is 1.71 bits per heavy atom. The lowest BCUT2D eigenvalue weighted by molar-refractivity contribution is 0.670. The van der Waals surface area contributed by atoms with Crippen molar-refractivity contribution in [3.05, 3.63) is 243 Å². The Hall–Kier alpha value is -8.70. The topological polar surface area (TPSA) is 21.3 Å². The lowest BCUT2D eigenvalue weighted by atomic mass is 9.98. The zero-order valence-electron chi connectivity index (χ0n) is 36.8. The molecule has 0 spiro atoms. The molecule has 0 amide bonds. The van der Waals surface area contributed by atoms with E-state index in [1.807, 2.05) is 11.3 Å². The third-order valence-corrected chi connectivity index (χ3v) is 15.0. The second kappa shape index (κ2) is 15.5. The Balaban J connectivity index is 0.908. The Bertz CT molecular complexity index is 4210. The number of anilines is 3. The van der Waals surface area contributed by atoms with Crippen LogP contribution in [0.2, 0.25) is 0 Å². The quantitative estimate of drug-likeness (QED) is 0.159. The van der Waals surface area contributed by atoms with E-state index >= 15 is 0 Å². The molecule has 0 bridgehead atoms. The fourth-order valence-electron chi connectivity index (χ4n) is 10.6. The smallest absolute Gasteiger partial charge is 0.143 e. The van der Waals surface area contributed by atoms with Crippen LogP contribution < -0.4 is 4.90 Å². The minimum absolute atomic E-state index is 0.885. The number of benzene rings is 11. The van der Waals surface area contributed by atoms with Crippen molar-refractivity contribution < 1.29 is 4.42 Å². The van der Waals surface area contributed by atoms with Gasteiger partial charge in [0, 0.05) is 69.9 Å². The van der Waals surface area contributed by atoms with Crippen LogP contribution in [0, 0.1) is 0 Å². The highest BCUT2D eigenvalue weighted by Gasteiger charge is 2.22. The molecule has 11 aromatic carbocycles. The van der Waals surface area contributed by atoms with Gasteiger partial charge in [0.2, 0.25) is 0 Å². The van der Waals surface area contributed by atoms with Crippen molar-refractivity contribution in [2.75, 3.05) is 4.90 Å². The van der Waals surface area contributed by atoms with Gasteiger partial charge >= 0.3 is 0 Å². The molecule has 3 nitrogen and oxygen atoms in total. The Morgan fingerprint density at radius 2 is 0.941 bits per heavy atom. The fourth-order valence-corrected chi connectivity index (χ4v) is 11.9. The third-order valence-electron chi connectivity index (χ3n) is 13.8. The van der Waals surface area contributed by atoms with E-state index in [0.717, 1.165) is 66.9 Å². The van der Waals surface area contributed by atoms with E-state index in [4.69, 9.17) is 4.42 Å². The second-order valence-corrected chi connectivity index (χ2v) is 18.7. The summed E-state index contributed by atoms with van der Waals surface area (Å²) in [6.07, 6.45) is 0. The fraction of sp³-hybridized carbons (Fsp3) is 0. The molecule has 318 valence electrons. The monoisotopic (exact) mass is 884 g/mol. The molecule has 14 aromatic rings. The first-order valence-electron chi connectivity index (χ1n) is 23.2. The molecule has 68 heavy (non-hydrogen) atoms. The van der Waals surface area contributed by atoms with Crippen LogP contribution in [0.4, 0.5) is 17.1 Å². The summed E-state index contributed by atoms with van der Waals surface area (Å²) in [5.41, 5.74) is 15.4. The molecule has 0 aliphatic carbocycles. The zero-order chi connectivity index (χ0) is 44.7. The molecule has 0 radical (unpaired) electrons. The largest absolute Gasteiger partial charge is 0.455 e. The first-order chi connectivity index (χ1) is 33.7. The van der Waals surface area contributed by atoms with E-state index in [9.17, 15) is 0 Å². The van der Waals surface area contributed by atoms with Gasteiger partial charge in [-0.15, -0.1) is 11.3 Å². The Morgan fingerprint density at radius 1 is 0.368 bits per heavy atom. The molecule has 0 aliphatic rings. The molecule has 0 aliphatic heterocycles. The molecule has 0 fully saturated rings. The summed E-state index contributed by atoms with van der Waals surface area (Å²) in [6.45, 7) is 0. The van der Waals surface area contributed by atoms with E-state index < -0.39 is 0 Å². The van der Waals surface area contributed by atoms with Crippen molar-refractivity contribution in [3.63, 3.8) is 0 Å². The minimum atomic E-state index is 0.885. The van der Waals surface area contributed by atoms with Gasteiger partial charge in [-0.1, -0.05) is 170 Å². The number of rotatable bonds is 7. The molecule has 0 saturated heterocycles. The molecule has 0 unspecified atom stereocenters. The highest BCUT2D eigenvalue weighted by molar-refractivity contribution is 7.26. The van der Waals surface area contributed by atoms with Crippen LogP contribution in [-0.2, 0) is 0 Å². The number of para-hydroxylation sites is 4. The van der Waals surface area contributed by atoms with Crippen LogP contribution in [0.3, 0.4) is 0 Å². The van der Waals surface area contributed by atoms with E-state index in [-0.39, 0.29) is 0 Å². The molecule has 0 N–H and O–H groups in total. The number of aromatic nitrogens is 1. The molecule has 0 atom stereocenters. The molecule has 4 heteroatoms. The van der Waals surface area contributed by atoms with Crippen molar-refractivity contribution in [2.45, 2.75) is 0 Å². The van der Waals surface area contributed by atoms with Gasteiger partial charge in [-0.2, -0.15) is 0 Å². The maximum atomic E-state index is 6.84.